The first kappa shape index (κ1) is 22.7. The maximum atomic E-state index is 12.1. The van der Waals surface area contributed by atoms with E-state index < -0.39 is 12.1 Å². The van der Waals surface area contributed by atoms with Gasteiger partial charge in [-0.15, -0.1) is 0 Å². The van der Waals surface area contributed by atoms with Crippen molar-refractivity contribution in [1.29, 1.82) is 0 Å². The van der Waals surface area contributed by atoms with Crippen molar-refractivity contribution < 1.29 is 23.7 Å². The van der Waals surface area contributed by atoms with E-state index in [9.17, 15) is 4.79 Å². The number of anilines is 2. The molecule has 0 saturated heterocycles. The van der Waals surface area contributed by atoms with Crippen LogP contribution in [0.5, 0.6) is 23.0 Å². The Bertz CT molecular complexity index is 1020. The second-order valence-electron chi connectivity index (χ2n) is 7.80. The highest BCUT2D eigenvalue weighted by Gasteiger charge is 2.23. The number of nitrogens with zero attached hydrogens (tertiary/aromatic N) is 1. The van der Waals surface area contributed by atoms with Crippen LogP contribution in [0.1, 0.15) is 26.7 Å². The summed E-state index contributed by atoms with van der Waals surface area (Å²) in [6.07, 6.45) is 1.35. The molecule has 0 N–H and O–H groups in total. The number of carbonyl (C=O) groups excluding carboxylic acids is 1. The zero-order chi connectivity index (χ0) is 23.0. The van der Waals surface area contributed by atoms with Gasteiger partial charge in [-0.05, 0) is 61.9 Å². The molecule has 1 heterocycles. The molecule has 0 aliphatic carbocycles. The van der Waals surface area contributed by atoms with Gasteiger partial charge in [0.2, 0.25) is 0 Å². The van der Waals surface area contributed by atoms with Crippen molar-refractivity contribution in [3.05, 3.63) is 72.8 Å². The summed E-state index contributed by atoms with van der Waals surface area (Å²) in [5, 5.41) is 0. The summed E-state index contributed by atoms with van der Waals surface area (Å²) in [6, 6.07) is 23.0. The van der Waals surface area contributed by atoms with Crippen LogP contribution in [0.25, 0.3) is 0 Å². The molecular weight excluding hydrogens is 418 g/mol. The van der Waals surface area contributed by atoms with Gasteiger partial charge >= 0.3 is 5.97 Å². The summed E-state index contributed by atoms with van der Waals surface area (Å²) in [5.74, 6) is 2.43. The SMILES string of the molecule is CCCCOC(C)C(=O)Oc1ccc(OCCN2c3ccccc3Oc3ccccc32)cc1. The maximum absolute atomic E-state index is 12.1. The molecule has 0 aromatic heterocycles. The third-order valence-corrected chi connectivity index (χ3v) is 5.36. The number of ether oxygens (including phenoxy) is 4. The fraction of sp³-hybridized carbons (Fsp3) is 0.296. The minimum absolute atomic E-state index is 0.399. The van der Waals surface area contributed by atoms with Gasteiger partial charge in [-0.25, -0.2) is 4.79 Å². The number of rotatable bonds is 10. The Morgan fingerprint density at radius 2 is 1.48 bits per heavy atom. The van der Waals surface area contributed by atoms with Crippen LogP contribution in [0, 0.1) is 0 Å². The summed E-state index contributed by atoms with van der Waals surface area (Å²) in [5.41, 5.74) is 2.02. The largest absolute Gasteiger partial charge is 0.492 e. The van der Waals surface area contributed by atoms with Gasteiger partial charge in [0.1, 0.15) is 18.1 Å². The molecule has 3 aromatic rings. The number of benzene rings is 3. The van der Waals surface area contributed by atoms with E-state index >= 15 is 0 Å². The van der Waals surface area contributed by atoms with Gasteiger partial charge in [-0.2, -0.15) is 0 Å². The molecule has 0 amide bonds. The van der Waals surface area contributed by atoms with Crippen molar-refractivity contribution in [2.45, 2.75) is 32.8 Å². The molecule has 6 nitrogen and oxygen atoms in total. The van der Waals surface area contributed by atoms with Crippen molar-refractivity contribution in [3.8, 4) is 23.0 Å². The normalized spacial score (nSPS) is 12.8. The molecule has 0 spiro atoms. The molecule has 0 bridgehead atoms. The summed E-state index contributed by atoms with van der Waals surface area (Å²) >= 11 is 0. The Morgan fingerprint density at radius 3 is 2.12 bits per heavy atom. The Morgan fingerprint density at radius 1 is 0.879 bits per heavy atom. The van der Waals surface area contributed by atoms with E-state index in [0.29, 0.717) is 31.3 Å². The van der Waals surface area contributed by atoms with Crippen LogP contribution in [0.3, 0.4) is 0 Å². The van der Waals surface area contributed by atoms with Gasteiger partial charge in [0, 0.05) is 6.61 Å². The molecule has 0 fully saturated rings. The molecule has 4 rings (SSSR count). The zero-order valence-corrected chi connectivity index (χ0v) is 19.0. The van der Waals surface area contributed by atoms with E-state index in [0.717, 1.165) is 35.7 Å². The van der Waals surface area contributed by atoms with Crippen LogP contribution in [-0.4, -0.2) is 31.8 Å². The highest BCUT2D eigenvalue weighted by atomic mass is 16.6. The fourth-order valence-corrected chi connectivity index (χ4v) is 3.55. The van der Waals surface area contributed by atoms with Crippen molar-refractivity contribution in [1.82, 2.24) is 0 Å². The van der Waals surface area contributed by atoms with Crippen molar-refractivity contribution >= 4 is 17.3 Å². The molecule has 172 valence electrons. The van der Waals surface area contributed by atoms with E-state index in [1.165, 1.54) is 0 Å². The lowest BCUT2D eigenvalue weighted by Gasteiger charge is -2.32. The summed E-state index contributed by atoms with van der Waals surface area (Å²) in [6.45, 7) is 5.47. The van der Waals surface area contributed by atoms with Gasteiger partial charge in [-0.3, -0.25) is 0 Å². The first-order valence-electron chi connectivity index (χ1n) is 11.4. The third-order valence-electron chi connectivity index (χ3n) is 5.36. The van der Waals surface area contributed by atoms with Gasteiger partial charge in [0.25, 0.3) is 0 Å². The van der Waals surface area contributed by atoms with E-state index in [-0.39, 0.29) is 0 Å². The van der Waals surface area contributed by atoms with Crippen molar-refractivity contribution in [2.24, 2.45) is 0 Å². The summed E-state index contributed by atoms with van der Waals surface area (Å²) in [7, 11) is 0. The van der Waals surface area contributed by atoms with Crippen molar-refractivity contribution in [3.63, 3.8) is 0 Å². The molecule has 1 aliphatic heterocycles. The molecule has 0 saturated carbocycles. The smallest absolute Gasteiger partial charge is 0.340 e. The Hall–Kier alpha value is -3.51. The predicted molar refractivity (Wildman–Crippen MR) is 128 cm³/mol. The molecule has 1 unspecified atom stereocenters. The number of fused-ring (bicyclic) bond motifs is 2. The highest BCUT2D eigenvalue weighted by molar-refractivity contribution is 5.78. The topological polar surface area (TPSA) is 57.2 Å². The van der Waals surface area contributed by atoms with Crippen LogP contribution in [0.2, 0.25) is 0 Å². The molecule has 33 heavy (non-hydrogen) atoms. The average Bonchev–Trinajstić information content (AvgIpc) is 2.84. The van der Waals surface area contributed by atoms with E-state index in [4.69, 9.17) is 18.9 Å². The van der Waals surface area contributed by atoms with E-state index in [2.05, 4.69) is 11.8 Å². The van der Waals surface area contributed by atoms with Crippen LogP contribution in [0.4, 0.5) is 11.4 Å². The van der Waals surface area contributed by atoms with Crippen molar-refractivity contribution in [2.75, 3.05) is 24.7 Å². The molecular formula is C27H29NO5. The second kappa shape index (κ2) is 10.9. The summed E-state index contributed by atoms with van der Waals surface area (Å²) in [4.78, 5) is 14.3. The Labute approximate surface area is 194 Å². The first-order chi connectivity index (χ1) is 16.2. The zero-order valence-electron chi connectivity index (χ0n) is 19.0. The van der Waals surface area contributed by atoms with Crippen LogP contribution < -0.4 is 19.1 Å². The number of carbonyl (C=O) groups is 1. The molecule has 3 aromatic carbocycles. The van der Waals surface area contributed by atoms with Gasteiger partial charge in [0.15, 0.2) is 17.6 Å². The molecule has 0 radical (unpaired) electrons. The quantitative estimate of drug-likeness (QED) is 0.212. The second-order valence-corrected chi connectivity index (χ2v) is 7.80. The van der Waals surface area contributed by atoms with E-state index in [1.54, 1.807) is 31.2 Å². The fourth-order valence-electron chi connectivity index (χ4n) is 3.55. The summed E-state index contributed by atoms with van der Waals surface area (Å²) < 4.78 is 22.9. The molecule has 1 aliphatic rings. The first-order valence-corrected chi connectivity index (χ1v) is 11.4. The lowest BCUT2D eigenvalue weighted by Crippen LogP contribution is -2.26. The maximum Gasteiger partial charge on any atom is 0.340 e. The van der Waals surface area contributed by atoms with Crippen LogP contribution in [0.15, 0.2) is 72.8 Å². The van der Waals surface area contributed by atoms with Gasteiger partial charge in [-0.1, -0.05) is 37.6 Å². The Kier molecular flexibility index (Phi) is 7.47. The van der Waals surface area contributed by atoms with Gasteiger partial charge < -0.3 is 23.8 Å². The number of unbranched alkanes of at least 4 members (excludes halogenated alkanes) is 1. The van der Waals surface area contributed by atoms with Crippen LogP contribution in [-0.2, 0) is 9.53 Å². The van der Waals surface area contributed by atoms with E-state index in [1.807, 2.05) is 48.5 Å². The predicted octanol–water partition coefficient (Wildman–Crippen LogP) is 6.12. The van der Waals surface area contributed by atoms with Gasteiger partial charge in [0.05, 0.1) is 17.9 Å². The Balaban J connectivity index is 1.32. The third kappa shape index (κ3) is 5.65. The molecule has 1 atom stereocenters. The minimum Gasteiger partial charge on any atom is -0.492 e. The average molecular weight is 448 g/mol. The lowest BCUT2D eigenvalue weighted by molar-refractivity contribution is -0.146. The highest BCUT2D eigenvalue weighted by Crippen LogP contribution is 2.45. The number of hydrogen-bond donors (Lipinski definition) is 0. The monoisotopic (exact) mass is 447 g/mol. The molecule has 6 heteroatoms. The number of hydrogen-bond acceptors (Lipinski definition) is 6. The lowest BCUT2D eigenvalue weighted by atomic mass is 10.1. The standard InChI is InChI=1S/C27H29NO5/c1-3-4-18-30-20(2)27(29)32-22-15-13-21(14-16-22)31-19-17-28-23-9-5-7-11-25(23)33-26-12-8-6-10-24(26)28/h5-16,20H,3-4,17-19H2,1-2H3. The minimum atomic E-state index is -0.591. The number of esters is 1. The van der Waals surface area contributed by atoms with Crippen LogP contribution >= 0.6 is 0 Å². The number of para-hydroxylation sites is 4.